The van der Waals surface area contributed by atoms with Crippen molar-refractivity contribution >= 4 is 40.6 Å². The predicted molar refractivity (Wildman–Crippen MR) is 119 cm³/mol. The lowest BCUT2D eigenvalue weighted by atomic mass is 9.80. The van der Waals surface area contributed by atoms with Crippen molar-refractivity contribution in [2.75, 3.05) is 0 Å². The van der Waals surface area contributed by atoms with E-state index in [2.05, 4.69) is 0 Å². The van der Waals surface area contributed by atoms with Crippen LogP contribution in [0.4, 0.5) is 0 Å². The molecule has 9 nitrogen and oxygen atoms in total. The first-order valence-electron chi connectivity index (χ1n) is 9.65. The molecule has 0 aromatic heterocycles. The van der Waals surface area contributed by atoms with E-state index in [1.807, 2.05) is 0 Å². The molecule has 0 aliphatic heterocycles. The summed E-state index contributed by atoms with van der Waals surface area (Å²) < 4.78 is 0. The van der Waals surface area contributed by atoms with Gasteiger partial charge in [-0.1, -0.05) is 54.6 Å². The van der Waals surface area contributed by atoms with Gasteiger partial charge < -0.3 is 20.4 Å². The van der Waals surface area contributed by atoms with Gasteiger partial charge in [-0.25, -0.2) is 14.4 Å². The van der Waals surface area contributed by atoms with Crippen molar-refractivity contribution in [3.63, 3.8) is 0 Å². The highest BCUT2D eigenvalue weighted by Crippen LogP contribution is 2.38. The number of carboxylic acid groups (broad SMARTS) is 3. The van der Waals surface area contributed by atoms with Gasteiger partial charge in [-0.2, -0.15) is 0 Å². The van der Waals surface area contributed by atoms with Gasteiger partial charge in [-0.3, -0.25) is 9.59 Å². The molecule has 0 amide bonds. The standard InChI is InChI=1S/C25H16O9/c26-18(27)12-6-5-11-17-19(13-7-1-3-9-15(13)24(31)32)22(29)23(30)20(21(17)28)14-8-2-4-10-16(14)25(33)34/h1-12,28H,(H,26,27)(H,31,32)(H,33,34). The first-order valence-corrected chi connectivity index (χ1v) is 9.65. The topological polar surface area (TPSA) is 166 Å². The van der Waals surface area contributed by atoms with E-state index in [0.717, 1.165) is 18.2 Å². The van der Waals surface area contributed by atoms with Gasteiger partial charge in [-0.05, 0) is 12.1 Å². The van der Waals surface area contributed by atoms with Crippen molar-refractivity contribution in [3.05, 3.63) is 106 Å². The molecule has 0 radical (unpaired) electrons. The summed E-state index contributed by atoms with van der Waals surface area (Å²) in [7, 11) is 0. The van der Waals surface area contributed by atoms with Crippen LogP contribution in [0, 0.1) is 0 Å². The van der Waals surface area contributed by atoms with Crippen LogP contribution in [0.3, 0.4) is 0 Å². The normalized spacial score (nSPS) is 14.4. The third-order valence-electron chi connectivity index (χ3n) is 4.89. The Morgan fingerprint density at radius 2 is 1.15 bits per heavy atom. The third kappa shape index (κ3) is 4.44. The number of aliphatic hydroxyl groups is 1. The summed E-state index contributed by atoms with van der Waals surface area (Å²) in [5.74, 6) is -7.19. The maximum absolute atomic E-state index is 13.2. The highest BCUT2D eigenvalue weighted by molar-refractivity contribution is 6.67. The van der Waals surface area contributed by atoms with E-state index in [-0.39, 0.29) is 27.8 Å². The predicted octanol–water partition coefficient (Wildman–Crippen LogP) is 3.15. The summed E-state index contributed by atoms with van der Waals surface area (Å²) in [6.45, 7) is 0. The maximum Gasteiger partial charge on any atom is 0.336 e. The molecule has 0 spiro atoms. The minimum Gasteiger partial charge on any atom is -0.506 e. The Labute approximate surface area is 191 Å². The van der Waals surface area contributed by atoms with Gasteiger partial charge in [0.2, 0.25) is 11.6 Å². The Morgan fingerprint density at radius 3 is 1.65 bits per heavy atom. The molecule has 170 valence electrons. The molecule has 4 N–H and O–H groups in total. The Morgan fingerprint density at radius 1 is 0.676 bits per heavy atom. The average molecular weight is 460 g/mol. The van der Waals surface area contributed by atoms with Crippen LogP contribution in [0.1, 0.15) is 31.8 Å². The van der Waals surface area contributed by atoms with Crippen LogP contribution in [-0.4, -0.2) is 49.9 Å². The number of aromatic carboxylic acids is 2. The molecule has 3 rings (SSSR count). The number of hydrogen-bond acceptors (Lipinski definition) is 6. The van der Waals surface area contributed by atoms with Crippen molar-refractivity contribution in [1.29, 1.82) is 0 Å². The van der Waals surface area contributed by atoms with E-state index in [0.29, 0.717) is 0 Å². The van der Waals surface area contributed by atoms with E-state index in [1.54, 1.807) is 0 Å². The van der Waals surface area contributed by atoms with Crippen LogP contribution in [0.15, 0.2) is 84.2 Å². The summed E-state index contributed by atoms with van der Waals surface area (Å²) in [4.78, 5) is 60.4. The first kappa shape index (κ1) is 23.6. The number of aliphatic hydroxyl groups excluding tert-OH is 1. The Balaban J connectivity index is 2.40. The number of hydrogen-bond donors (Lipinski definition) is 4. The van der Waals surface area contributed by atoms with Gasteiger partial charge in [0.15, 0.2) is 0 Å². The second-order valence-electron chi connectivity index (χ2n) is 6.93. The average Bonchev–Trinajstić information content (AvgIpc) is 2.80. The number of Topliss-reactive ketones (excluding diaryl/α,β-unsaturated/α-hetero) is 2. The Bertz CT molecular complexity index is 1370. The van der Waals surface area contributed by atoms with Crippen molar-refractivity contribution in [2.45, 2.75) is 0 Å². The molecule has 2 aromatic rings. The zero-order chi connectivity index (χ0) is 25.0. The lowest BCUT2D eigenvalue weighted by molar-refractivity contribution is -0.131. The number of ketones is 2. The van der Waals surface area contributed by atoms with Gasteiger partial charge in [0.05, 0.1) is 16.7 Å². The molecule has 0 unspecified atom stereocenters. The minimum atomic E-state index is -1.40. The molecule has 1 aliphatic carbocycles. The zero-order valence-electron chi connectivity index (χ0n) is 17.3. The molecule has 0 saturated heterocycles. The number of allylic oxidation sites excluding steroid dienone is 5. The van der Waals surface area contributed by atoms with Gasteiger partial charge in [0.25, 0.3) is 0 Å². The molecule has 0 atom stereocenters. The van der Waals surface area contributed by atoms with Crippen LogP contribution in [0.25, 0.3) is 11.1 Å². The van der Waals surface area contributed by atoms with E-state index in [4.69, 9.17) is 5.11 Å². The van der Waals surface area contributed by atoms with Crippen molar-refractivity contribution < 1.29 is 44.4 Å². The maximum atomic E-state index is 13.2. The number of aliphatic carboxylic acids is 1. The molecule has 0 bridgehead atoms. The van der Waals surface area contributed by atoms with Crippen LogP contribution >= 0.6 is 0 Å². The molecule has 34 heavy (non-hydrogen) atoms. The minimum absolute atomic E-state index is 0.146. The lowest BCUT2D eigenvalue weighted by Gasteiger charge is -2.22. The highest BCUT2D eigenvalue weighted by atomic mass is 16.4. The summed E-state index contributed by atoms with van der Waals surface area (Å²) >= 11 is 0. The van der Waals surface area contributed by atoms with Crippen LogP contribution in [0.2, 0.25) is 0 Å². The monoisotopic (exact) mass is 460 g/mol. The molecule has 2 aromatic carbocycles. The van der Waals surface area contributed by atoms with Crippen molar-refractivity contribution in [3.8, 4) is 0 Å². The van der Waals surface area contributed by atoms with Gasteiger partial charge in [-0.15, -0.1) is 0 Å². The van der Waals surface area contributed by atoms with E-state index in [9.17, 15) is 39.3 Å². The second kappa shape index (κ2) is 9.61. The Kier molecular flexibility index (Phi) is 6.68. The summed E-state index contributed by atoms with van der Waals surface area (Å²) in [5.41, 5.74) is -2.26. The molecule has 0 fully saturated rings. The summed E-state index contributed by atoms with van der Waals surface area (Å²) in [6, 6.07) is 10.6. The summed E-state index contributed by atoms with van der Waals surface area (Å²) in [5, 5.41) is 38.9. The fourth-order valence-corrected chi connectivity index (χ4v) is 3.45. The molecular formula is C25H16O9. The largest absolute Gasteiger partial charge is 0.506 e. The number of benzene rings is 2. The number of carbonyl (C=O) groups is 5. The SMILES string of the molecule is O=C(O)C=CC=CC1=C(c2ccccc2C(=O)O)C(=O)C(=O)C(c2ccccc2C(=O)O)=C1O. The molecular weight excluding hydrogens is 444 g/mol. The molecule has 1 aliphatic rings. The first-order chi connectivity index (χ1) is 16.1. The van der Waals surface area contributed by atoms with Gasteiger partial charge in [0, 0.05) is 28.3 Å². The molecule has 0 heterocycles. The van der Waals surface area contributed by atoms with Crippen LogP contribution < -0.4 is 0 Å². The van der Waals surface area contributed by atoms with Crippen LogP contribution in [0.5, 0.6) is 0 Å². The van der Waals surface area contributed by atoms with E-state index >= 15 is 0 Å². The van der Waals surface area contributed by atoms with Gasteiger partial charge >= 0.3 is 17.9 Å². The molecule has 9 heteroatoms. The van der Waals surface area contributed by atoms with Crippen LogP contribution in [-0.2, 0) is 14.4 Å². The quantitative estimate of drug-likeness (QED) is 0.210. The Hall–Kier alpha value is -5.05. The number of rotatable bonds is 7. The van der Waals surface area contributed by atoms with Crippen molar-refractivity contribution in [2.24, 2.45) is 0 Å². The van der Waals surface area contributed by atoms with Crippen molar-refractivity contribution in [1.82, 2.24) is 0 Å². The van der Waals surface area contributed by atoms with E-state index in [1.165, 1.54) is 54.6 Å². The zero-order valence-corrected chi connectivity index (χ0v) is 17.3. The number of carboxylic acids is 3. The lowest BCUT2D eigenvalue weighted by Crippen LogP contribution is -2.26. The smallest absolute Gasteiger partial charge is 0.336 e. The number of carbonyl (C=O) groups excluding carboxylic acids is 2. The van der Waals surface area contributed by atoms with E-state index < -0.39 is 46.4 Å². The second-order valence-corrected chi connectivity index (χ2v) is 6.93. The fourth-order valence-electron chi connectivity index (χ4n) is 3.45. The van der Waals surface area contributed by atoms with Gasteiger partial charge in [0.1, 0.15) is 5.76 Å². The molecule has 0 saturated carbocycles. The highest BCUT2D eigenvalue weighted by Gasteiger charge is 2.38. The third-order valence-corrected chi connectivity index (χ3v) is 4.89. The summed E-state index contributed by atoms with van der Waals surface area (Å²) in [6.07, 6.45) is 4.18. The fraction of sp³-hybridized carbons (Fsp3) is 0.